The highest BCUT2D eigenvalue weighted by atomic mass is 16.5. The molecule has 3 nitrogen and oxygen atoms in total. The number of aromatic nitrogens is 1. The predicted molar refractivity (Wildman–Crippen MR) is 75.1 cm³/mol. The van der Waals surface area contributed by atoms with E-state index in [9.17, 15) is 4.79 Å². The van der Waals surface area contributed by atoms with E-state index in [4.69, 9.17) is 4.74 Å². The van der Waals surface area contributed by atoms with Crippen LogP contribution in [0.2, 0.25) is 0 Å². The molecular formula is C16H19NO2. The van der Waals surface area contributed by atoms with Crippen molar-refractivity contribution in [3.8, 4) is 0 Å². The van der Waals surface area contributed by atoms with Crippen molar-refractivity contribution < 1.29 is 9.53 Å². The number of aryl methyl sites for hydroxylation is 1. The zero-order valence-electron chi connectivity index (χ0n) is 11.4. The van der Waals surface area contributed by atoms with Crippen molar-refractivity contribution in [3.63, 3.8) is 0 Å². The molecule has 0 saturated heterocycles. The van der Waals surface area contributed by atoms with E-state index in [-0.39, 0.29) is 5.97 Å². The number of rotatable bonds is 5. The topological polar surface area (TPSA) is 31.2 Å². The molecule has 19 heavy (non-hydrogen) atoms. The number of carbonyl (C=O) groups is 1. The lowest BCUT2D eigenvalue weighted by Gasteiger charge is -2.11. The summed E-state index contributed by atoms with van der Waals surface area (Å²) >= 11 is 0. The number of carbonyl (C=O) groups excluding carboxylic acids is 1. The van der Waals surface area contributed by atoms with Crippen LogP contribution in [0.15, 0.2) is 42.5 Å². The molecule has 100 valence electrons. The summed E-state index contributed by atoms with van der Waals surface area (Å²) in [6, 6.07) is 14.3. The zero-order valence-corrected chi connectivity index (χ0v) is 11.4. The molecule has 2 rings (SSSR count). The van der Waals surface area contributed by atoms with Crippen LogP contribution in [0.3, 0.4) is 0 Å². The molecule has 1 aromatic carbocycles. The highest BCUT2D eigenvalue weighted by Gasteiger charge is 2.10. The molecule has 0 atom stereocenters. The molecule has 3 heteroatoms. The van der Waals surface area contributed by atoms with Crippen molar-refractivity contribution in [3.05, 3.63) is 59.4 Å². The molecule has 0 spiro atoms. The maximum atomic E-state index is 11.6. The standard InChI is InChI=1S/C16H19NO2/c1-3-19-16(18)11-15-10-9-13(2)17(15)12-14-7-5-4-6-8-14/h4-10H,3,11-12H2,1-2H3. The zero-order chi connectivity index (χ0) is 13.7. The maximum Gasteiger partial charge on any atom is 0.311 e. The third kappa shape index (κ3) is 3.47. The molecule has 0 bridgehead atoms. The summed E-state index contributed by atoms with van der Waals surface area (Å²) in [6.07, 6.45) is 0.328. The van der Waals surface area contributed by atoms with E-state index in [1.807, 2.05) is 37.3 Å². The Kier molecular flexibility index (Phi) is 4.39. The fourth-order valence-electron chi connectivity index (χ4n) is 2.13. The van der Waals surface area contributed by atoms with Gasteiger partial charge in [0, 0.05) is 17.9 Å². The molecule has 0 aliphatic rings. The SMILES string of the molecule is CCOC(=O)Cc1ccc(C)n1Cc1ccccc1. The van der Waals surface area contributed by atoms with Gasteiger partial charge in [0.25, 0.3) is 0 Å². The Morgan fingerprint density at radius 2 is 1.89 bits per heavy atom. The Hall–Kier alpha value is -2.03. The molecule has 0 aliphatic heterocycles. The minimum absolute atomic E-state index is 0.171. The third-order valence-electron chi connectivity index (χ3n) is 3.10. The van der Waals surface area contributed by atoms with E-state index in [0.29, 0.717) is 13.0 Å². The van der Waals surface area contributed by atoms with Gasteiger partial charge in [-0.1, -0.05) is 30.3 Å². The molecule has 0 N–H and O–H groups in total. The van der Waals surface area contributed by atoms with Crippen molar-refractivity contribution in [1.82, 2.24) is 4.57 Å². The van der Waals surface area contributed by atoms with Crippen molar-refractivity contribution in [2.24, 2.45) is 0 Å². The van der Waals surface area contributed by atoms with Crippen molar-refractivity contribution in [2.45, 2.75) is 26.8 Å². The minimum atomic E-state index is -0.171. The second-order valence-electron chi connectivity index (χ2n) is 4.52. The molecule has 0 aliphatic carbocycles. The van der Waals surface area contributed by atoms with Gasteiger partial charge in [0.15, 0.2) is 0 Å². The van der Waals surface area contributed by atoms with E-state index in [2.05, 4.69) is 23.6 Å². The minimum Gasteiger partial charge on any atom is -0.466 e. The van der Waals surface area contributed by atoms with Crippen LogP contribution in [-0.4, -0.2) is 17.1 Å². The Morgan fingerprint density at radius 3 is 2.58 bits per heavy atom. The monoisotopic (exact) mass is 257 g/mol. The first kappa shape index (κ1) is 13.4. The molecular weight excluding hydrogens is 238 g/mol. The quantitative estimate of drug-likeness (QED) is 0.771. The number of hydrogen-bond donors (Lipinski definition) is 0. The summed E-state index contributed by atoms with van der Waals surface area (Å²) in [5.74, 6) is -0.171. The van der Waals surface area contributed by atoms with Crippen molar-refractivity contribution in [2.75, 3.05) is 6.61 Å². The first-order valence-corrected chi connectivity index (χ1v) is 6.55. The van der Waals surface area contributed by atoms with Gasteiger partial charge in [-0.05, 0) is 31.5 Å². The molecule has 0 amide bonds. The van der Waals surface area contributed by atoms with Crippen LogP contribution in [0.5, 0.6) is 0 Å². The average Bonchev–Trinajstić information content (AvgIpc) is 2.73. The molecule has 0 saturated carbocycles. The third-order valence-corrected chi connectivity index (χ3v) is 3.10. The van der Waals surface area contributed by atoms with E-state index in [1.165, 1.54) is 5.56 Å². The lowest BCUT2D eigenvalue weighted by molar-refractivity contribution is -0.142. The fourth-order valence-corrected chi connectivity index (χ4v) is 2.13. The van der Waals surface area contributed by atoms with Gasteiger partial charge in [-0.25, -0.2) is 0 Å². The van der Waals surface area contributed by atoms with E-state index in [0.717, 1.165) is 17.9 Å². The largest absolute Gasteiger partial charge is 0.466 e. The van der Waals surface area contributed by atoms with E-state index < -0.39 is 0 Å². The number of ether oxygens (including phenoxy) is 1. The molecule has 0 unspecified atom stereocenters. The predicted octanol–water partition coefficient (Wildman–Crippen LogP) is 2.95. The molecule has 1 heterocycles. The van der Waals surface area contributed by atoms with Crippen molar-refractivity contribution in [1.29, 1.82) is 0 Å². The normalized spacial score (nSPS) is 10.4. The van der Waals surface area contributed by atoms with Gasteiger partial charge in [0.2, 0.25) is 0 Å². The summed E-state index contributed by atoms with van der Waals surface area (Å²) in [5, 5.41) is 0. The van der Waals surface area contributed by atoms with Gasteiger partial charge < -0.3 is 9.30 Å². The average molecular weight is 257 g/mol. The first-order valence-electron chi connectivity index (χ1n) is 6.55. The summed E-state index contributed by atoms with van der Waals surface area (Å²) in [4.78, 5) is 11.6. The lowest BCUT2D eigenvalue weighted by Crippen LogP contribution is -2.13. The van der Waals surface area contributed by atoms with E-state index in [1.54, 1.807) is 0 Å². The van der Waals surface area contributed by atoms with Crippen LogP contribution < -0.4 is 0 Å². The smallest absolute Gasteiger partial charge is 0.311 e. The molecule has 2 aromatic rings. The van der Waals surface area contributed by atoms with Crippen LogP contribution in [0.4, 0.5) is 0 Å². The second-order valence-corrected chi connectivity index (χ2v) is 4.52. The molecule has 1 aromatic heterocycles. The Bertz CT molecular complexity index is 543. The van der Waals surface area contributed by atoms with Gasteiger partial charge in [-0.3, -0.25) is 4.79 Å². The number of nitrogens with zero attached hydrogens (tertiary/aromatic N) is 1. The highest BCUT2D eigenvalue weighted by molar-refractivity contribution is 5.72. The first-order chi connectivity index (χ1) is 9.20. The second kappa shape index (κ2) is 6.23. The fraction of sp³-hybridized carbons (Fsp3) is 0.312. The summed E-state index contributed by atoms with van der Waals surface area (Å²) in [6.45, 7) is 5.09. The highest BCUT2D eigenvalue weighted by Crippen LogP contribution is 2.13. The Balaban J connectivity index is 2.16. The lowest BCUT2D eigenvalue weighted by atomic mass is 10.2. The van der Waals surface area contributed by atoms with Gasteiger partial charge in [-0.15, -0.1) is 0 Å². The van der Waals surface area contributed by atoms with Gasteiger partial charge >= 0.3 is 5.97 Å². The number of hydrogen-bond acceptors (Lipinski definition) is 2. The Morgan fingerprint density at radius 1 is 1.16 bits per heavy atom. The van der Waals surface area contributed by atoms with Gasteiger partial charge in [0.1, 0.15) is 0 Å². The van der Waals surface area contributed by atoms with Crippen LogP contribution in [0.1, 0.15) is 23.9 Å². The van der Waals surface area contributed by atoms with Gasteiger partial charge in [-0.2, -0.15) is 0 Å². The Labute approximate surface area is 113 Å². The molecule has 0 radical (unpaired) electrons. The number of benzene rings is 1. The summed E-state index contributed by atoms with van der Waals surface area (Å²) in [5.41, 5.74) is 3.38. The van der Waals surface area contributed by atoms with Gasteiger partial charge in [0.05, 0.1) is 13.0 Å². The van der Waals surface area contributed by atoms with Crippen molar-refractivity contribution >= 4 is 5.97 Å². The summed E-state index contributed by atoms with van der Waals surface area (Å²) < 4.78 is 7.17. The van der Waals surface area contributed by atoms with E-state index >= 15 is 0 Å². The summed E-state index contributed by atoms with van der Waals surface area (Å²) in [7, 11) is 0. The number of esters is 1. The van der Waals surface area contributed by atoms with Crippen LogP contribution in [-0.2, 0) is 22.5 Å². The van der Waals surface area contributed by atoms with Crippen LogP contribution >= 0.6 is 0 Å². The van der Waals surface area contributed by atoms with Crippen LogP contribution in [0.25, 0.3) is 0 Å². The maximum absolute atomic E-state index is 11.6. The van der Waals surface area contributed by atoms with Crippen LogP contribution in [0, 0.1) is 6.92 Å². The molecule has 0 fully saturated rings.